The molecule has 0 spiro atoms. The molecule has 0 bridgehead atoms. The van der Waals surface area contributed by atoms with Gasteiger partial charge in [0, 0.05) is 18.7 Å². The van der Waals surface area contributed by atoms with Crippen molar-refractivity contribution in [3.63, 3.8) is 0 Å². The fraction of sp³-hybridized carbons (Fsp3) is 0.467. The fourth-order valence-corrected chi connectivity index (χ4v) is 4.64. The van der Waals surface area contributed by atoms with Crippen molar-refractivity contribution >= 4 is 17.4 Å². The van der Waals surface area contributed by atoms with E-state index in [9.17, 15) is 14.7 Å². The topological polar surface area (TPSA) is 88.5 Å². The molecule has 0 radical (unpaired) electrons. The molecule has 3 rings (SSSR count). The van der Waals surface area contributed by atoms with E-state index in [2.05, 4.69) is 32.6 Å². The standard InChI is InChI=1S/C30H40N2O6/c1-8-31(9-2)14-15-32-27(21-10-13-24(36-6)25(17-21)37-7)26(29(34)30(32)35)28(33)22-11-12-23(20(5)16-22)38-18-19(3)4/h10-13,16-17,19,27,33H,8-9,14-15,18H2,1-7H3/b28-26-. The van der Waals surface area contributed by atoms with Crippen molar-refractivity contribution in [2.45, 2.75) is 40.7 Å². The minimum atomic E-state index is -0.775. The van der Waals surface area contributed by atoms with Gasteiger partial charge in [-0.2, -0.15) is 0 Å². The molecule has 1 unspecified atom stereocenters. The lowest BCUT2D eigenvalue weighted by Gasteiger charge is -2.28. The Morgan fingerprint density at radius 1 is 1.00 bits per heavy atom. The van der Waals surface area contributed by atoms with E-state index in [1.54, 1.807) is 48.4 Å². The van der Waals surface area contributed by atoms with Gasteiger partial charge in [-0.1, -0.05) is 33.8 Å². The number of rotatable bonds is 12. The van der Waals surface area contributed by atoms with Crippen molar-refractivity contribution < 1.29 is 28.9 Å². The number of benzene rings is 2. The van der Waals surface area contributed by atoms with Crippen LogP contribution in [0.3, 0.4) is 0 Å². The highest BCUT2D eigenvalue weighted by Crippen LogP contribution is 2.42. The van der Waals surface area contributed by atoms with Gasteiger partial charge in [-0.05, 0) is 67.4 Å². The van der Waals surface area contributed by atoms with Gasteiger partial charge in [0.15, 0.2) is 11.5 Å². The van der Waals surface area contributed by atoms with Gasteiger partial charge in [-0.3, -0.25) is 9.59 Å². The molecule has 1 fully saturated rings. The minimum absolute atomic E-state index is 0.0528. The molecule has 1 N–H and O–H groups in total. The Kier molecular flexibility index (Phi) is 9.80. The van der Waals surface area contributed by atoms with Crippen LogP contribution in [0.25, 0.3) is 5.76 Å². The van der Waals surface area contributed by atoms with E-state index >= 15 is 0 Å². The molecule has 2 aromatic rings. The Balaban J connectivity index is 2.11. The van der Waals surface area contributed by atoms with Gasteiger partial charge in [0.2, 0.25) is 0 Å². The van der Waals surface area contributed by atoms with E-state index in [0.29, 0.717) is 54.0 Å². The summed E-state index contributed by atoms with van der Waals surface area (Å²) in [6.07, 6.45) is 0. The number of ketones is 1. The predicted octanol–water partition coefficient (Wildman–Crippen LogP) is 4.81. The summed E-state index contributed by atoms with van der Waals surface area (Å²) in [7, 11) is 3.08. The number of likely N-dealkylation sites (tertiary alicyclic amines) is 1. The number of aryl methyl sites for hydroxylation is 1. The van der Waals surface area contributed by atoms with Crippen LogP contribution < -0.4 is 14.2 Å². The lowest BCUT2D eigenvalue weighted by Crippen LogP contribution is -2.38. The number of Topliss-reactive ketones (excluding diaryl/α,β-unsaturated/α-hetero) is 1. The number of ether oxygens (including phenoxy) is 3. The summed E-state index contributed by atoms with van der Waals surface area (Å²) in [4.78, 5) is 30.4. The molecule has 1 aliphatic rings. The molecule has 1 aliphatic heterocycles. The largest absolute Gasteiger partial charge is 0.507 e. The summed E-state index contributed by atoms with van der Waals surface area (Å²) in [5.41, 5.74) is 1.98. The zero-order valence-corrected chi connectivity index (χ0v) is 23.5. The first-order chi connectivity index (χ1) is 18.2. The number of methoxy groups -OCH3 is 2. The summed E-state index contributed by atoms with van der Waals surface area (Å²) in [6.45, 7) is 13.3. The number of aliphatic hydroxyl groups excluding tert-OH is 1. The van der Waals surface area contributed by atoms with Crippen LogP contribution in [0.1, 0.15) is 50.4 Å². The normalized spacial score (nSPS) is 17.0. The first kappa shape index (κ1) is 29.0. The van der Waals surface area contributed by atoms with Crippen molar-refractivity contribution in [2.24, 2.45) is 5.92 Å². The molecule has 1 heterocycles. The van der Waals surface area contributed by atoms with E-state index in [4.69, 9.17) is 14.2 Å². The summed E-state index contributed by atoms with van der Waals surface area (Å²) < 4.78 is 16.7. The maximum atomic E-state index is 13.4. The van der Waals surface area contributed by atoms with Gasteiger partial charge in [-0.25, -0.2) is 0 Å². The van der Waals surface area contributed by atoms with E-state index in [1.807, 2.05) is 6.92 Å². The third-order valence-electron chi connectivity index (χ3n) is 6.84. The zero-order valence-electron chi connectivity index (χ0n) is 23.5. The number of carbonyl (C=O) groups is 2. The Morgan fingerprint density at radius 3 is 2.24 bits per heavy atom. The number of nitrogens with zero attached hydrogens (tertiary/aromatic N) is 2. The molecule has 1 saturated heterocycles. The third-order valence-corrected chi connectivity index (χ3v) is 6.84. The van der Waals surface area contributed by atoms with Crippen LogP contribution in [-0.2, 0) is 9.59 Å². The maximum absolute atomic E-state index is 13.4. The number of likely N-dealkylation sites (N-methyl/N-ethyl adjacent to an activating group) is 1. The highest BCUT2D eigenvalue weighted by molar-refractivity contribution is 6.46. The molecule has 206 valence electrons. The molecule has 8 nitrogen and oxygen atoms in total. The monoisotopic (exact) mass is 524 g/mol. The summed E-state index contributed by atoms with van der Waals surface area (Å²) >= 11 is 0. The second-order valence-corrected chi connectivity index (χ2v) is 9.82. The van der Waals surface area contributed by atoms with Gasteiger partial charge < -0.3 is 29.1 Å². The van der Waals surface area contributed by atoms with Gasteiger partial charge in [0.05, 0.1) is 32.4 Å². The number of amides is 1. The first-order valence-electron chi connectivity index (χ1n) is 13.1. The van der Waals surface area contributed by atoms with Crippen LogP contribution in [0.2, 0.25) is 0 Å². The van der Waals surface area contributed by atoms with E-state index in [-0.39, 0.29) is 11.3 Å². The molecular formula is C30H40N2O6. The van der Waals surface area contributed by atoms with Gasteiger partial charge in [0.1, 0.15) is 11.5 Å². The van der Waals surface area contributed by atoms with Crippen LogP contribution in [0.4, 0.5) is 0 Å². The Labute approximate surface area is 225 Å². The first-order valence-corrected chi connectivity index (χ1v) is 13.1. The zero-order chi connectivity index (χ0) is 28.0. The molecule has 0 aromatic heterocycles. The van der Waals surface area contributed by atoms with E-state index in [1.165, 1.54) is 7.11 Å². The average molecular weight is 525 g/mol. The van der Waals surface area contributed by atoms with Crippen LogP contribution in [0, 0.1) is 12.8 Å². The van der Waals surface area contributed by atoms with Gasteiger partial charge >= 0.3 is 0 Å². The minimum Gasteiger partial charge on any atom is -0.507 e. The van der Waals surface area contributed by atoms with E-state index < -0.39 is 17.7 Å². The van der Waals surface area contributed by atoms with Crippen molar-refractivity contribution in [1.82, 2.24) is 9.80 Å². The van der Waals surface area contributed by atoms with Gasteiger partial charge in [0.25, 0.3) is 11.7 Å². The van der Waals surface area contributed by atoms with Crippen LogP contribution in [0.5, 0.6) is 17.2 Å². The highest BCUT2D eigenvalue weighted by atomic mass is 16.5. The second kappa shape index (κ2) is 12.8. The maximum Gasteiger partial charge on any atom is 0.295 e. The second-order valence-electron chi connectivity index (χ2n) is 9.82. The smallest absolute Gasteiger partial charge is 0.295 e. The molecule has 38 heavy (non-hydrogen) atoms. The number of aliphatic hydroxyl groups is 1. The Hall–Kier alpha value is -3.52. The number of hydrogen-bond donors (Lipinski definition) is 1. The summed E-state index contributed by atoms with van der Waals surface area (Å²) in [5, 5.41) is 11.5. The van der Waals surface area contributed by atoms with Gasteiger partial charge in [-0.15, -0.1) is 0 Å². The van der Waals surface area contributed by atoms with Crippen LogP contribution in [-0.4, -0.2) is 73.6 Å². The number of carbonyl (C=O) groups excluding carboxylic acids is 2. The van der Waals surface area contributed by atoms with E-state index in [0.717, 1.165) is 18.7 Å². The quantitative estimate of drug-likeness (QED) is 0.242. The molecule has 1 atom stereocenters. The molecule has 1 amide bonds. The van der Waals surface area contributed by atoms with Crippen LogP contribution in [0.15, 0.2) is 42.0 Å². The Bertz CT molecular complexity index is 1190. The predicted molar refractivity (Wildman–Crippen MR) is 148 cm³/mol. The lowest BCUT2D eigenvalue weighted by molar-refractivity contribution is -0.140. The summed E-state index contributed by atoms with van der Waals surface area (Å²) in [6, 6.07) is 9.79. The molecular weight excluding hydrogens is 484 g/mol. The third kappa shape index (κ3) is 6.13. The SMILES string of the molecule is CCN(CC)CCN1C(=O)C(=O)/C(=C(\O)c2ccc(OCC(C)C)c(C)c2)C1c1ccc(OC)c(OC)c1. The van der Waals surface area contributed by atoms with Crippen molar-refractivity contribution in [2.75, 3.05) is 47.0 Å². The van der Waals surface area contributed by atoms with Crippen molar-refractivity contribution in [3.05, 3.63) is 58.7 Å². The molecule has 2 aromatic carbocycles. The lowest BCUT2D eigenvalue weighted by atomic mass is 9.94. The van der Waals surface area contributed by atoms with Crippen molar-refractivity contribution in [3.8, 4) is 17.2 Å². The molecule has 0 saturated carbocycles. The molecule has 0 aliphatic carbocycles. The summed E-state index contributed by atoms with van der Waals surface area (Å²) in [5.74, 6) is 0.534. The molecule has 8 heteroatoms. The number of hydrogen-bond acceptors (Lipinski definition) is 7. The highest BCUT2D eigenvalue weighted by Gasteiger charge is 2.46. The fourth-order valence-electron chi connectivity index (χ4n) is 4.64. The van der Waals surface area contributed by atoms with Crippen molar-refractivity contribution in [1.29, 1.82) is 0 Å². The van der Waals surface area contributed by atoms with Crippen LogP contribution >= 0.6 is 0 Å². The Morgan fingerprint density at radius 2 is 1.66 bits per heavy atom. The average Bonchev–Trinajstić information content (AvgIpc) is 3.16.